The number of fused-ring (bicyclic) bond motifs is 3. The molecule has 0 heterocycles. The number of thioether (sulfide) groups is 1. The molecule has 0 fully saturated rings. The molecular weight excluding hydrogens is 926 g/mol. The number of benzene rings is 2. The van der Waals surface area contributed by atoms with Gasteiger partial charge in [-0.1, -0.05) is 179 Å². The van der Waals surface area contributed by atoms with Crippen LogP contribution in [0.2, 0.25) is 0 Å². The molecule has 0 radical (unpaired) electrons. The first-order valence-corrected chi connectivity index (χ1v) is 28.6. The van der Waals surface area contributed by atoms with Crippen LogP contribution >= 0.6 is 19.4 Å². The Balaban J connectivity index is 1.75. The Morgan fingerprint density at radius 3 is 1.64 bits per heavy atom. The van der Waals surface area contributed by atoms with Crippen LogP contribution in [-0.2, 0) is 33.2 Å². The molecule has 2 amide bonds. The van der Waals surface area contributed by atoms with Gasteiger partial charge >= 0.3 is 31.3 Å². The largest absolute Gasteiger partial charge is 0.459 e. The summed E-state index contributed by atoms with van der Waals surface area (Å²) in [4.78, 5) is 72.8. The summed E-state index contributed by atoms with van der Waals surface area (Å²) in [6.07, 6.45) is 17.5. The van der Waals surface area contributed by atoms with Crippen molar-refractivity contribution in [1.29, 1.82) is 0 Å². The van der Waals surface area contributed by atoms with Crippen LogP contribution in [0.3, 0.4) is 0 Å². The molecule has 4 N–H and O–H groups in total. The quantitative estimate of drug-likeness (QED) is 0.0165. The van der Waals surface area contributed by atoms with E-state index in [9.17, 15) is 33.5 Å². The number of halogens is 2. The molecule has 0 spiro atoms. The van der Waals surface area contributed by atoms with E-state index in [0.29, 0.717) is 12.8 Å². The second-order valence-corrected chi connectivity index (χ2v) is 21.5. The summed E-state index contributed by atoms with van der Waals surface area (Å²) in [6.45, 7) is 6.49. The summed E-state index contributed by atoms with van der Waals surface area (Å²) >= 11 is 1.16. The molecular formula is C53H83F2N2O10PS. The molecule has 69 heavy (non-hydrogen) atoms. The number of alkyl halides is 2. The molecule has 0 aliphatic heterocycles. The average molecular weight is 1010 g/mol. The van der Waals surface area contributed by atoms with E-state index in [1.165, 1.54) is 65.2 Å². The first-order chi connectivity index (χ1) is 33.1. The Bertz CT molecular complexity index is 1850. The second-order valence-electron chi connectivity index (χ2n) is 18.7. The molecule has 12 nitrogen and oxygen atoms in total. The number of esters is 2. The molecule has 1 atom stereocenters. The highest BCUT2D eigenvalue weighted by molar-refractivity contribution is 7.99. The lowest BCUT2D eigenvalue weighted by atomic mass is 9.79. The van der Waals surface area contributed by atoms with E-state index in [1.54, 1.807) is 0 Å². The Hall–Kier alpha value is -3.52. The number of carbonyl (C=O) groups excluding carboxylic acids is 4. The zero-order valence-corrected chi connectivity index (χ0v) is 43.7. The number of amides is 2. The van der Waals surface area contributed by atoms with Crippen molar-refractivity contribution in [2.24, 2.45) is 5.41 Å². The van der Waals surface area contributed by atoms with Crippen molar-refractivity contribution in [3.05, 3.63) is 59.7 Å². The summed E-state index contributed by atoms with van der Waals surface area (Å²) in [7, 11) is -5.78. The summed E-state index contributed by atoms with van der Waals surface area (Å²) in [5.74, 6) is -1.83. The van der Waals surface area contributed by atoms with Crippen LogP contribution in [0.25, 0.3) is 11.1 Å². The van der Waals surface area contributed by atoms with Crippen molar-refractivity contribution in [1.82, 2.24) is 10.6 Å². The highest BCUT2D eigenvalue weighted by Gasteiger charge is 2.62. The van der Waals surface area contributed by atoms with Crippen LogP contribution < -0.4 is 10.6 Å². The van der Waals surface area contributed by atoms with E-state index in [2.05, 4.69) is 24.5 Å². The number of unbranched alkanes of at least 4 members (excludes halogenated alkanes) is 16. The summed E-state index contributed by atoms with van der Waals surface area (Å²) in [5, 5.41) is 5.37. The van der Waals surface area contributed by atoms with Crippen molar-refractivity contribution in [3.8, 4) is 11.1 Å². The van der Waals surface area contributed by atoms with Crippen molar-refractivity contribution in [2.75, 3.05) is 31.3 Å². The standard InChI is InChI=1S/C53H83F2N2O10PS/c1-5-9-11-13-15-17-19-21-23-33-48(59)66-40-52(67-49(60)34-24-22-20-18-16-14-12-10-6-2,41-69-38-35-47(58)56-37-36-51(7-3,8-4)53(54,55)68(62,63)64)57-50(61)65-39-46-44-31-27-25-29-42(44)43-30-26-28-32-45(43)46/h25-32,46H,5-24,33-41H2,1-4H3,(H,56,58)(H,57,61)(H2,62,63,64)/t52-/m1/s1. The van der Waals surface area contributed by atoms with Crippen molar-refractivity contribution < 1.29 is 56.5 Å². The van der Waals surface area contributed by atoms with Gasteiger partial charge in [-0.05, 0) is 54.4 Å². The van der Waals surface area contributed by atoms with Gasteiger partial charge < -0.3 is 29.3 Å². The number of carbonyl (C=O) groups is 4. The third-order valence-electron chi connectivity index (χ3n) is 13.5. The van der Waals surface area contributed by atoms with Crippen molar-refractivity contribution in [3.63, 3.8) is 0 Å². The number of alkyl carbamates (subject to hydrolysis) is 1. The highest BCUT2D eigenvalue weighted by Crippen LogP contribution is 2.64. The predicted octanol–water partition coefficient (Wildman–Crippen LogP) is 13.4. The van der Waals surface area contributed by atoms with E-state index in [0.717, 1.165) is 85.4 Å². The maximum Gasteiger partial charge on any atom is 0.410 e. The fourth-order valence-electron chi connectivity index (χ4n) is 9.14. The lowest BCUT2D eigenvalue weighted by molar-refractivity contribution is -0.173. The SMILES string of the molecule is CCCCCCCCCCCC(=O)OC[C@@](CSCCC(=O)NCCC(CC)(CC)C(F)(F)P(=O)(O)O)(NC(=O)OCC1c2ccccc2-c2ccccc21)OC(=O)CCCCCCCCCCC. The van der Waals surface area contributed by atoms with Crippen molar-refractivity contribution >= 4 is 43.3 Å². The fraction of sp³-hybridized carbons (Fsp3) is 0.698. The van der Waals surface area contributed by atoms with Gasteiger partial charge in [-0.3, -0.25) is 24.3 Å². The third-order valence-corrected chi connectivity index (χ3v) is 15.9. The van der Waals surface area contributed by atoms with Crippen LogP contribution in [-0.4, -0.2) is 76.4 Å². The number of rotatable bonds is 38. The lowest BCUT2D eigenvalue weighted by Crippen LogP contribution is -2.57. The Labute approximate surface area is 415 Å². The van der Waals surface area contributed by atoms with Crippen molar-refractivity contribution in [2.45, 2.75) is 199 Å². The Kier molecular flexibility index (Phi) is 27.5. The van der Waals surface area contributed by atoms with Gasteiger partial charge in [-0.25, -0.2) is 4.79 Å². The van der Waals surface area contributed by atoms with Crippen LogP contribution in [0.1, 0.15) is 199 Å². The monoisotopic (exact) mass is 1010 g/mol. The first kappa shape index (κ1) is 59.8. The molecule has 0 bridgehead atoms. The van der Waals surface area contributed by atoms with Crippen LogP contribution in [0.15, 0.2) is 48.5 Å². The normalized spacial score (nSPS) is 13.6. The minimum Gasteiger partial charge on any atom is -0.459 e. The van der Waals surface area contributed by atoms with Gasteiger partial charge in [-0.15, -0.1) is 0 Å². The maximum atomic E-state index is 15.0. The lowest BCUT2D eigenvalue weighted by Gasteiger charge is -2.39. The average Bonchev–Trinajstić information content (AvgIpc) is 3.64. The first-order valence-electron chi connectivity index (χ1n) is 25.9. The topological polar surface area (TPSA) is 178 Å². The van der Waals surface area contributed by atoms with Gasteiger partial charge in [0.15, 0.2) is 6.61 Å². The molecule has 1 aliphatic carbocycles. The number of nitrogens with one attached hydrogen (secondary N) is 2. The van der Waals surface area contributed by atoms with Crippen LogP contribution in [0.5, 0.6) is 0 Å². The van der Waals surface area contributed by atoms with E-state index < -0.39 is 54.9 Å². The smallest absolute Gasteiger partial charge is 0.410 e. The van der Waals surface area contributed by atoms with Gasteiger partial charge in [0, 0.05) is 42.9 Å². The number of hydrogen-bond donors (Lipinski definition) is 4. The molecule has 0 saturated heterocycles. The molecule has 390 valence electrons. The van der Waals surface area contributed by atoms with Gasteiger partial charge in [0.1, 0.15) is 6.61 Å². The molecule has 0 aromatic heterocycles. The zero-order valence-electron chi connectivity index (χ0n) is 42.0. The van der Waals surface area contributed by atoms with Crippen LogP contribution in [0, 0.1) is 5.41 Å². The molecule has 0 unspecified atom stereocenters. The van der Waals surface area contributed by atoms with E-state index in [1.807, 2.05) is 48.5 Å². The molecule has 1 aliphatic rings. The molecule has 2 aromatic carbocycles. The minimum atomic E-state index is -5.78. The maximum absolute atomic E-state index is 15.0. The minimum absolute atomic E-state index is 0.0223. The fourth-order valence-corrected chi connectivity index (χ4v) is 11.2. The summed E-state index contributed by atoms with van der Waals surface area (Å²) < 4.78 is 59.6. The van der Waals surface area contributed by atoms with Gasteiger partial charge in [0.25, 0.3) is 0 Å². The summed E-state index contributed by atoms with van der Waals surface area (Å²) in [6, 6.07) is 15.9. The zero-order chi connectivity index (χ0) is 50.6. The third kappa shape index (κ3) is 19.9. The molecule has 0 saturated carbocycles. The highest BCUT2D eigenvalue weighted by atomic mass is 32.2. The molecule has 3 rings (SSSR count). The second kappa shape index (κ2) is 31.7. The van der Waals surface area contributed by atoms with E-state index in [4.69, 9.17) is 14.2 Å². The molecule has 16 heteroatoms. The summed E-state index contributed by atoms with van der Waals surface area (Å²) in [5.41, 5.74) is -4.06. The molecule has 2 aromatic rings. The van der Waals surface area contributed by atoms with E-state index >= 15 is 8.78 Å². The van der Waals surface area contributed by atoms with Gasteiger partial charge in [-0.2, -0.15) is 20.5 Å². The van der Waals surface area contributed by atoms with Gasteiger partial charge in [0.2, 0.25) is 11.6 Å². The van der Waals surface area contributed by atoms with E-state index in [-0.39, 0.29) is 69.1 Å². The van der Waals surface area contributed by atoms with Gasteiger partial charge in [0.05, 0.1) is 5.75 Å². The predicted molar refractivity (Wildman–Crippen MR) is 271 cm³/mol. The Morgan fingerprint density at radius 1 is 0.667 bits per heavy atom. The Morgan fingerprint density at radius 2 is 1.14 bits per heavy atom. The van der Waals surface area contributed by atoms with Crippen LogP contribution in [0.4, 0.5) is 13.6 Å². The number of ether oxygens (including phenoxy) is 3. The number of hydrogen-bond acceptors (Lipinski definition) is 9.